The summed E-state index contributed by atoms with van der Waals surface area (Å²) in [5, 5.41) is 3.38. The average Bonchev–Trinajstić information content (AvgIpc) is 2.54. The normalized spacial score (nSPS) is 21.9. The summed E-state index contributed by atoms with van der Waals surface area (Å²) in [4.78, 5) is 14.7. The molecule has 4 heteroatoms. The molecule has 0 aromatic heterocycles. The summed E-state index contributed by atoms with van der Waals surface area (Å²) in [6, 6.07) is 7.90. The van der Waals surface area contributed by atoms with E-state index < -0.39 is 0 Å². The number of ether oxygens (including phenoxy) is 1. The maximum atomic E-state index is 12.9. The van der Waals surface area contributed by atoms with Gasteiger partial charge in [-0.3, -0.25) is 4.79 Å². The minimum Gasteiger partial charge on any atom is -0.497 e. The van der Waals surface area contributed by atoms with E-state index in [1.807, 2.05) is 36.2 Å². The van der Waals surface area contributed by atoms with Gasteiger partial charge in [-0.15, -0.1) is 0 Å². The predicted molar refractivity (Wildman–Crippen MR) is 84.3 cm³/mol. The lowest BCUT2D eigenvalue weighted by molar-refractivity contribution is -0.142. The SMILES string of the molecule is CCC1(C(=O)N(C)Cc2cccc(OC)c2)CCCNC1. The molecule has 0 spiro atoms. The van der Waals surface area contributed by atoms with Crippen molar-refractivity contribution in [2.45, 2.75) is 32.7 Å². The Morgan fingerprint density at radius 1 is 1.48 bits per heavy atom. The number of hydrogen-bond donors (Lipinski definition) is 1. The number of hydrogen-bond acceptors (Lipinski definition) is 3. The van der Waals surface area contributed by atoms with Crippen LogP contribution in [0.3, 0.4) is 0 Å². The first-order chi connectivity index (χ1) is 10.1. The zero-order valence-corrected chi connectivity index (χ0v) is 13.3. The molecule has 4 nitrogen and oxygen atoms in total. The van der Waals surface area contributed by atoms with Gasteiger partial charge in [0.25, 0.3) is 0 Å². The Balaban J connectivity index is 2.07. The fourth-order valence-electron chi connectivity index (χ4n) is 3.12. The van der Waals surface area contributed by atoms with Crippen LogP contribution in [0.1, 0.15) is 31.7 Å². The minimum absolute atomic E-state index is 0.230. The van der Waals surface area contributed by atoms with E-state index in [1.54, 1.807) is 7.11 Å². The van der Waals surface area contributed by atoms with Crippen molar-refractivity contribution >= 4 is 5.91 Å². The van der Waals surface area contributed by atoms with Crippen molar-refractivity contribution in [1.29, 1.82) is 0 Å². The van der Waals surface area contributed by atoms with Crippen LogP contribution in [0.25, 0.3) is 0 Å². The largest absolute Gasteiger partial charge is 0.497 e. The number of nitrogens with one attached hydrogen (secondary N) is 1. The third-order valence-electron chi connectivity index (χ3n) is 4.50. The first kappa shape index (κ1) is 15.8. The molecule has 1 fully saturated rings. The van der Waals surface area contributed by atoms with Gasteiger partial charge < -0.3 is 15.0 Å². The number of methoxy groups -OCH3 is 1. The van der Waals surface area contributed by atoms with Gasteiger partial charge in [-0.05, 0) is 43.5 Å². The first-order valence-electron chi connectivity index (χ1n) is 7.70. The second-order valence-corrected chi connectivity index (χ2v) is 5.93. The summed E-state index contributed by atoms with van der Waals surface area (Å²) in [6.45, 7) is 4.56. The second-order valence-electron chi connectivity index (χ2n) is 5.93. The molecule has 0 radical (unpaired) electrons. The number of piperidine rings is 1. The molecule has 1 unspecified atom stereocenters. The number of amides is 1. The highest BCUT2D eigenvalue weighted by Crippen LogP contribution is 2.32. The molecular formula is C17H26N2O2. The van der Waals surface area contributed by atoms with Gasteiger partial charge in [0, 0.05) is 20.1 Å². The van der Waals surface area contributed by atoms with E-state index >= 15 is 0 Å². The van der Waals surface area contributed by atoms with E-state index in [-0.39, 0.29) is 11.3 Å². The molecule has 21 heavy (non-hydrogen) atoms. The molecule has 1 N–H and O–H groups in total. The highest BCUT2D eigenvalue weighted by Gasteiger charge is 2.39. The number of rotatable bonds is 5. The van der Waals surface area contributed by atoms with Crippen LogP contribution in [0, 0.1) is 5.41 Å². The van der Waals surface area contributed by atoms with E-state index in [9.17, 15) is 4.79 Å². The van der Waals surface area contributed by atoms with Crippen molar-refractivity contribution in [2.75, 3.05) is 27.2 Å². The zero-order chi connectivity index (χ0) is 15.3. The van der Waals surface area contributed by atoms with Gasteiger partial charge in [0.1, 0.15) is 5.75 Å². The molecule has 2 rings (SSSR count). The maximum absolute atomic E-state index is 12.9. The van der Waals surface area contributed by atoms with Gasteiger partial charge in [0.15, 0.2) is 0 Å². The van der Waals surface area contributed by atoms with Crippen LogP contribution in [0.5, 0.6) is 5.75 Å². The Morgan fingerprint density at radius 3 is 2.90 bits per heavy atom. The summed E-state index contributed by atoms with van der Waals surface area (Å²) >= 11 is 0. The van der Waals surface area contributed by atoms with Crippen molar-refractivity contribution in [3.63, 3.8) is 0 Å². The fraction of sp³-hybridized carbons (Fsp3) is 0.588. The molecule has 1 saturated heterocycles. The molecule has 1 aliphatic rings. The van der Waals surface area contributed by atoms with E-state index in [4.69, 9.17) is 4.74 Å². The van der Waals surface area contributed by atoms with Crippen molar-refractivity contribution in [3.8, 4) is 5.75 Å². The second kappa shape index (κ2) is 6.94. The Hall–Kier alpha value is -1.55. The number of nitrogens with zero attached hydrogens (tertiary/aromatic N) is 1. The summed E-state index contributed by atoms with van der Waals surface area (Å²) in [7, 11) is 3.56. The van der Waals surface area contributed by atoms with E-state index in [2.05, 4.69) is 12.2 Å². The monoisotopic (exact) mass is 290 g/mol. The Kier molecular flexibility index (Phi) is 5.23. The van der Waals surface area contributed by atoms with Gasteiger partial charge in [-0.1, -0.05) is 19.1 Å². The highest BCUT2D eigenvalue weighted by atomic mass is 16.5. The van der Waals surface area contributed by atoms with Crippen molar-refractivity contribution in [1.82, 2.24) is 10.2 Å². The first-order valence-corrected chi connectivity index (χ1v) is 7.70. The third kappa shape index (κ3) is 3.56. The number of carbonyl (C=O) groups is 1. The molecule has 116 valence electrons. The topological polar surface area (TPSA) is 41.6 Å². The molecule has 1 atom stereocenters. The number of benzene rings is 1. The number of carbonyl (C=O) groups excluding carboxylic acids is 1. The minimum atomic E-state index is -0.230. The van der Waals surface area contributed by atoms with E-state index in [1.165, 1.54) is 0 Å². The summed E-state index contributed by atoms with van der Waals surface area (Å²) in [5.74, 6) is 1.08. The zero-order valence-electron chi connectivity index (χ0n) is 13.3. The van der Waals surface area contributed by atoms with Gasteiger partial charge >= 0.3 is 0 Å². The molecule has 1 aromatic rings. The average molecular weight is 290 g/mol. The van der Waals surface area contributed by atoms with Gasteiger partial charge in [0.05, 0.1) is 12.5 Å². The molecular weight excluding hydrogens is 264 g/mol. The fourth-order valence-corrected chi connectivity index (χ4v) is 3.12. The lowest BCUT2D eigenvalue weighted by Crippen LogP contribution is -2.50. The summed E-state index contributed by atoms with van der Waals surface area (Å²) in [5.41, 5.74) is 0.867. The van der Waals surface area contributed by atoms with Crippen molar-refractivity contribution in [3.05, 3.63) is 29.8 Å². The van der Waals surface area contributed by atoms with Crippen LogP contribution in [0.4, 0.5) is 0 Å². The molecule has 1 aromatic carbocycles. The van der Waals surface area contributed by atoms with E-state index in [0.717, 1.165) is 43.7 Å². The Labute approximate surface area is 127 Å². The van der Waals surface area contributed by atoms with Crippen LogP contribution >= 0.6 is 0 Å². The van der Waals surface area contributed by atoms with E-state index in [0.29, 0.717) is 6.54 Å². The summed E-state index contributed by atoms with van der Waals surface area (Å²) < 4.78 is 5.24. The summed E-state index contributed by atoms with van der Waals surface area (Å²) in [6.07, 6.45) is 2.95. The van der Waals surface area contributed by atoms with Crippen LogP contribution in [-0.2, 0) is 11.3 Å². The van der Waals surface area contributed by atoms with Crippen molar-refractivity contribution < 1.29 is 9.53 Å². The van der Waals surface area contributed by atoms with Crippen LogP contribution in [-0.4, -0.2) is 38.1 Å². The standard InChI is InChI=1S/C17H26N2O2/c1-4-17(9-6-10-18-13-17)16(20)19(2)12-14-7-5-8-15(11-14)21-3/h5,7-8,11,18H,4,6,9-10,12-13H2,1-3H3. The molecule has 1 aliphatic heterocycles. The Bertz CT molecular complexity index is 481. The quantitative estimate of drug-likeness (QED) is 0.905. The van der Waals surface area contributed by atoms with Gasteiger partial charge in [-0.25, -0.2) is 0 Å². The predicted octanol–water partition coefficient (Wildman–Crippen LogP) is 2.43. The molecule has 0 bridgehead atoms. The molecule has 0 saturated carbocycles. The van der Waals surface area contributed by atoms with Gasteiger partial charge in [0.2, 0.25) is 5.91 Å². The van der Waals surface area contributed by atoms with Crippen molar-refractivity contribution in [2.24, 2.45) is 5.41 Å². The van der Waals surface area contributed by atoms with Crippen LogP contribution in [0.15, 0.2) is 24.3 Å². The maximum Gasteiger partial charge on any atom is 0.230 e. The van der Waals surface area contributed by atoms with Crippen LogP contribution in [0.2, 0.25) is 0 Å². The lowest BCUT2D eigenvalue weighted by atomic mass is 9.77. The Morgan fingerprint density at radius 2 is 2.29 bits per heavy atom. The molecule has 1 heterocycles. The molecule has 0 aliphatic carbocycles. The smallest absolute Gasteiger partial charge is 0.230 e. The third-order valence-corrected chi connectivity index (χ3v) is 4.50. The lowest BCUT2D eigenvalue weighted by Gasteiger charge is -2.38. The van der Waals surface area contributed by atoms with Crippen LogP contribution < -0.4 is 10.1 Å². The molecule has 1 amide bonds. The highest BCUT2D eigenvalue weighted by molar-refractivity contribution is 5.83. The van der Waals surface area contributed by atoms with Gasteiger partial charge in [-0.2, -0.15) is 0 Å².